The van der Waals surface area contributed by atoms with Crippen molar-refractivity contribution >= 4 is 57.9 Å². The first-order chi connectivity index (χ1) is 13.1. The summed E-state index contributed by atoms with van der Waals surface area (Å²) < 4.78 is 44.6. The second-order valence-corrected chi connectivity index (χ2v) is 7.64. The number of halogens is 4. The van der Waals surface area contributed by atoms with E-state index in [0.717, 1.165) is 28.8 Å². The lowest BCUT2D eigenvalue weighted by Gasteiger charge is -2.10. The van der Waals surface area contributed by atoms with Crippen LogP contribution >= 0.6 is 35.6 Å². The van der Waals surface area contributed by atoms with E-state index in [1.807, 2.05) is 0 Å². The van der Waals surface area contributed by atoms with Crippen LogP contribution in [0.1, 0.15) is 11.3 Å². The quantitative estimate of drug-likeness (QED) is 0.530. The summed E-state index contributed by atoms with van der Waals surface area (Å²) in [5.41, 5.74) is -0.825. The third kappa shape index (κ3) is 4.23. The Kier molecular flexibility index (Phi) is 5.55. The second kappa shape index (κ2) is 7.61. The molecule has 1 aliphatic heterocycles. The summed E-state index contributed by atoms with van der Waals surface area (Å²) >= 11 is 11.5. The number of thioether (sulfide) groups is 1. The smallest absolute Gasteiger partial charge is 0.417 e. The van der Waals surface area contributed by atoms with Gasteiger partial charge in [-0.15, -0.1) is 0 Å². The molecule has 1 amide bonds. The van der Waals surface area contributed by atoms with E-state index in [0.29, 0.717) is 0 Å². The molecule has 0 radical (unpaired) electrons. The maximum absolute atomic E-state index is 13.0. The third-order valence-corrected chi connectivity index (χ3v) is 5.33. The second-order valence-electron chi connectivity index (χ2n) is 5.56. The fourth-order valence-corrected chi connectivity index (χ4v) is 3.84. The van der Waals surface area contributed by atoms with Crippen LogP contribution in [-0.4, -0.2) is 32.7 Å². The molecule has 11 heteroatoms. The minimum atomic E-state index is -4.61. The summed E-state index contributed by atoms with van der Waals surface area (Å²) in [7, 11) is 0. The van der Waals surface area contributed by atoms with Gasteiger partial charge in [-0.1, -0.05) is 35.6 Å². The number of hydrogen-bond acceptors (Lipinski definition) is 5. The third-order valence-electron chi connectivity index (χ3n) is 3.62. The van der Waals surface area contributed by atoms with Crippen molar-refractivity contribution in [1.29, 1.82) is 0 Å². The molecule has 0 saturated carbocycles. The van der Waals surface area contributed by atoms with Gasteiger partial charge in [-0.25, -0.2) is 0 Å². The van der Waals surface area contributed by atoms with Gasteiger partial charge in [0, 0.05) is 11.6 Å². The molecule has 5 nitrogen and oxygen atoms in total. The molecule has 3 rings (SSSR count). The van der Waals surface area contributed by atoms with Crippen LogP contribution in [-0.2, 0) is 15.8 Å². The van der Waals surface area contributed by atoms with Gasteiger partial charge in [0.15, 0.2) is 0 Å². The van der Waals surface area contributed by atoms with Crippen LogP contribution in [0.2, 0.25) is 5.02 Å². The molecule has 1 aliphatic rings. The molecule has 28 heavy (non-hydrogen) atoms. The molecule has 1 aromatic carbocycles. The number of benzene rings is 1. The Bertz CT molecular complexity index is 1020. The van der Waals surface area contributed by atoms with Gasteiger partial charge in [0.1, 0.15) is 22.4 Å². The van der Waals surface area contributed by atoms with Gasteiger partial charge in [-0.05, 0) is 30.3 Å². The number of carbonyl (C=O) groups excluding carboxylic acids is 1. The van der Waals surface area contributed by atoms with Crippen molar-refractivity contribution in [2.24, 2.45) is 0 Å². The molecular weight excluding hydrogens is 439 g/mol. The molecule has 0 aliphatic carbocycles. The number of carboxylic acid groups (broad SMARTS) is 1. The average Bonchev–Trinajstić information content (AvgIpc) is 3.15. The molecule has 0 spiro atoms. The number of carboxylic acids is 1. The van der Waals surface area contributed by atoms with Crippen molar-refractivity contribution in [2.75, 3.05) is 6.54 Å². The summed E-state index contributed by atoms with van der Waals surface area (Å²) in [6.07, 6.45) is -3.26. The Balaban J connectivity index is 1.88. The SMILES string of the molecule is O=C(O)CN1C(=O)/C(=C/c2ccc(-c3ccc(Cl)c(C(F)(F)F)c3)o2)SC1=S. The highest BCUT2D eigenvalue weighted by molar-refractivity contribution is 8.26. The molecule has 2 heterocycles. The topological polar surface area (TPSA) is 70.8 Å². The van der Waals surface area contributed by atoms with Crippen LogP contribution in [0.25, 0.3) is 17.4 Å². The number of aliphatic carboxylic acids is 1. The standard InChI is InChI=1S/C17H9ClF3NO4S2/c18-11-3-1-8(5-10(11)17(19,20)21)12-4-2-9(26-12)6-13-15(25)22(7-14(23)24)16(27)28-13/h1-6H,7H2,(H,23,24)/b13-6-. The number of alkyl halides is 3. The van der Waals surface area contributed by atoms with E-state index in [9.17, 15) is 22.8 Å². The van der Waals surface area contributed by atoms with Gasteiger partial charge >= 0.3 is 12.1 Å². The lowest BCUT2D eigenvalue weighted by Crippen LogP contribution is -2.33. The predicted molar refractivity (Wildman–Crippen MR) is 102 cm³/mol. The highest BCUT2D eigenvalue weighted by Gasteiger charge is 2.34. The Morgan fingerprint density at radius 1 is 1.32 bits per heavy atom. The Hall–Kier alpha value is -2.30. The summed E-state index contributed by atoms with van der Waals surface area (Å²) in [6, 6.07) is 6.30. The van der Waals surface area contributed by atoms with Crippen molar-refractivity contribution in [3.63, 3.8) is 0 Å². The van der Waals surface area contributed by atoms with E-state index in [2.05, 4.69) is 0 Å². The van der Waals surface area contributed by atoms with Gasteiger partial charge in [0.25, 0.3) is 5.91 Å². The minimum Gasteiger partial charge on any atom is -0.480 e. The molecule has 0 bridgehead atoms. The zero-order valence-electron chi connectivity index (χ0n) is 13.6. The first-order valence-electron chi connectivity index (χ1n) is 7.50. The Labute approximate surface area is 170 Å². The monoisotopic (exact) mass is 447 g/mol. The van der Waals surface area contributed by atoms with Crippen LogP contribution in [0, 0.1) is 0 Å². The fraction of sp³-hybridized carbons (Fsp3) is 0.118. The molecule has 1 aromatic heterocycles. The molecule has 0 unspecified atom stereocenters. The first-order valence-corrected chi connectivity index (χ1v) is 9.10. The van der Waals surface area contributed by atoms with Gasteiger partial charge in [0.05, 0.1) is 15.5 Å². The van der Waals surface area contributed by atoms with Gasteiger partial charge in [-0.2, -0.15) is 13.2 Å². The van der Waals surface area contributed by atoms with Crippen molar-refractivity contribution in [3.8, 4) is 11.3 Å². The van der Waals surface area contributed by atoms with Crippen LogP contribution in [0.3, 0.4) is 0 Å². The maximum atomic E-state index is 13.0. The van der Waals surface area contributed by atoms with Crippen LogP contribution in [0.5, 0.6) is 0 Å². The lowest BCUT2D eigenvalue weighted by molar-refractivity contribution is -0.140. The zero-order chi connectivity index (χ0) is 20.6. The predicted octanol–water partition coefficient (Wildman–Crippen LogP) is 4.90. The maximum Gasteiger partial charge on any atom is 0.417 e. The fourth-order valence-electron chi connectivity index (χ4n) is 2.38. The highest BCUT2D eigenvalue weighted by Crippen LogP contribution is 2.38. The van der Waals surface area contributed by atoms with Crippen molar-refractivity contribution in [3.05, 3.63) is 51.6 Å². The van der Waals surface area contributed by atoms with E-state index >= 15 is 0 Å². The largest absolute Gasteiger partial charge is 0.480 e. The molecule has 146 valence electrons. The van der Waals surface area contributed by atoms with Crippen LogP contribution < -0.4 is 0 Å². The number of carbonyl (C=O) groups is 2. The van der Waals surface area contributed by atoms with Crippen LogP contribution in [0.4, 0.5) is 13.2 Å². The Morgan fingerprint density at radius 2 is 2.04 bits per heavy atom. The number of amides is 1. The Morgan fingerprint density at radius 3 is 2.68 bits per heavy atom. The van der Waals surface area contributed by atoms with E-state index in [1.165, 1.54) is 24.3 Å². The summed E-state index contributed by atoms with van der Waals surface area (Å²) in [5.74, 6) is -1.44. The molecule has 2 aromatic rings. The summed E-state index contributed by atoms with van der Waals surface area (Å²) in [4.78, 5) is 24.1. The van der Waals surface area contributed by atoms with Gasteiger partial charge < -0.3 is 9.52 Å². The number of nitrogens with zero attached hydrogens (tertiary/aromatic N) is 1. The molecule has 1 N–H and O–H groups in total. The molecule has 1 saturated heterocycles. The van der Waals surface area contributed by atoms with E-state index in [-0.39, 0.29) is 26.3 Å². The van der Waals surface area contributed by atoms with Crippen molar-refractivity contribution in [2.45, 2.75) is 6.18 Å². The number of rotatable bonds is 4. The van der Waals surface area contributed by atoms with Crippen LogP contribution in [0.15, 0.2) is 39.7 Å². The number of thiocarbonyl (C=S) groups is 1. The van der Waals surface area contributed by atoms with E-state index in [4.69, 9.17) is 33.3 Å². The van der Waals surface area contributed by atoms with Gasteiger partial charge in [0.2, 0.25) is 0 Å². The zero-order valence-corrected chi connectivity index (χ0v) is 16.0. The molecule has 1 fully saturated rings. The molecular formula is C17H9ClF3NO4S2. The van der Waals surface area contributed by atoms with Crippen molar-refractivity contribution < 1.29 is 32.3 Å². The first kappa shape index (κ1) is 20.4. The molecule has 0 atom stereocenters. The normalized spacial score (nSPS) is 16.3. The lowest BCUT2D eigenvalue weighted by atomic mass is 10.1. The highest BCUT2D eigenvalue weighted by atomic mass is 35.5. The number of furan rings is 1. The average molecular weight is 448 g/mol. The van der Waals surface area contributed by atoms with E-state index in [1.54, 1.807) is 0 Å². The summed E-state index contributed by atoms with van der Waals surface area (Å²) in [5, 5.41) is 8.40. The van der Waals surface area contributed by atoms with E-state index < -0.39 is 35.2 Å². The summed E-state index contributed by atoms with van der Waals surface area (Å²) in [6.45, 7) is -0.559. The van der Waals surface area contributed by atoms with Crippen molar-refractivity contribution in [1.82, 2.24) is 4.90 Å². The van der Waals surface area contributed by atoms with Gasteiger partial charge in [-0.3, -0.25) is 14.5 Å². The minimum absolute atomic E-state index is 0.0953. The number of hydrogen-bond donors (Lipinski definition) is 1.